The minimum Gasteiger partial charge on any atom is -0.508 e. The van der Waals surface area contributed by atoms with Crippen LogP contribution in [0.1, 0.15) is 178 Å². The Bertz CT molecular complexity index is 3050. The molecule has 0 aliphatic heterocycles. The molecule has 0 fully saturated rings. The quantitative estimate of drug-likeness (QED) is 0.0302. The minimum atomic E-state index is -0.0799. The molecule has 0 saturated heterocycles. The van der Waals surface area contributed by atoms with Crippen molar-refractivity contribution in [1.29, 1.82) is 0 Å². The molecule has 0 unspecified atom stereocenters. The zero-order chi connectivity index (χ0) is 53.7. The van der Waals surface area contributed by atoms with Crippen LogP contribution in [0.4, 0.5) is 11.4 Å². The van der Waals surface area contributed by atoms with Gasteiger partial charge in [-0.1, -0.05) is 158 Å². The largest absolute Gasteiger partial charge is 0.508 e. The van der Waals surface area contributed by atoms with Crippen LogP contribution in [0.5, 0.6) is 11.5 Å². The number of unbranched alkanes of at least 4 members (excludes halogenated alkanes) is 8. The van der Waals surface area contributed by atoms with Gasteiger partial charge in [-0.15, -0.1) is 28.4 Å². The molecule has 0 amide bonds. The third-order valence-corrected chi connectivity index (χ3v) is 17.3. The number of likely N-dealkylation sites (N-methyl/N-ethyl adjacent to an activating group) is 1. The lowest BCUT2D eigenvalue weighted by atomic mass is 9.69. The molecular weight excluding hydrogens is 977 g/mol. The predicted molar refractivity (Wildman–Crippen MR) is 337 cm³/mol. The maximum Gasteiger partial charge on any atom is 0.119 e. The van der Waals surface area contributed by atoms with Crippen LogP contribution in [0.3, 0.4) is 0 Å². The molecular formula is C71H82N2O2S2. The van der Waals surface area contributed by atoms with Crippen LogP contribution in [0.2, 0.25) is 0 Å². The Labute approximate surface area is 471 Å². The van der Waals surface area contributed by atoms with Crippen molar-refractivity contribution in [2.45, 2.75) is 136 Å². The van der Waals surface area contributed by atoms with Gasteiger partial charge < -0.3 is 19.6 Å². The van der Waals surface area contributed by atoms with Crippen LogP contribution >= 0.6 is 22.7 Å². The molecule has 4 aromatic carbocycles. The molecule has 77 heavy (non-hydrogen) atoms. The summed E-state index contributed by atoms with van der Waals surface area (Å²) >= 11 is 3.60. The highest BCUT2D eigenvalue weighted by Gasteiger charge is 2.42. The number of rotatable bonds is 28. The first-order valence-corrected chi connectivity index (χ1v) is 30.7. The van der Waals surface area contributed by atoms with E-state index in [9.17, 15) is 5.11 Å². The molecule has 4 nitrogen and oxygen atoms in total. The van der Waals surface area contributed by atoms with Crippen molar-refractivity contribution in [2.24, 2.45) is 0 Å². The number of benzene rings is 4. The van der Waals surface area contributed by atoms with Gasteiger partial charge in [0.2, 0.25) is 0 Å². The molecule has 0 atom stereocenters. The molecule has 6 aromatic rings. The SMILES string of the molecule is CCCCCCN(CCCCCC)c1ccc(/C=C/c2ccc(C#Cc3ccc4c(c3)C(CCCC)(CCCC)C3=C4/C=C\CC(c4ccc(/C=C/c5ccc(N(CC)CCOc6ccc(O)cc6)cc5)s4)=C=C3)s2)cc1. The Kier molecular flexibility index (Phi) is 21.6. The Morgan fingerprint density at radius 1 is 0.610 bits per heavy atom. The maximum atomic E-state index is 9.58. The summed E-state index contributed by atoms with van der Waals surface area (Å²) in [5, 5.41) is 9.58. The first kappa shape index (κ1) is 56.7. The topological polar surface area (TPSA) is 35.9 Å². The standard InChI is InChI=1S/C71H82N2O2S2/c1-6-11-15-17-50-73(51-18-16-12-7-2)60-33-24-56(25-34-60)26-39-63-42-43-64(76-63)41-28-57-29-45-67-66-21-19-20-58(30-46-68(66)71(48-13-8-3,49-14-9-4)69(67)54-57)70-47-44-65(77-70)40-27-55-22-31-59(32-23-55)72(10-5)52-53-75-62-37-35-61(74)36-38-62/h19,21-27,29,31-40,42-47,54,74H,6-18,20,48-53H2,1-5H3/b21-19-,39-26+,40-27+. The van der Waals surface area contributed by atoms with E-state index in [1.165, 1.54) is 129 Å². The van der Waals surface area contributed by atoms with Crippen LogP contribution in [-0.4, -0.2) is 37.9 Å². The van der Waals surface area contributed by atoms with E-state index in [2.05, 4.69) is 196 Å². The van der Waals surface area contributed by atoms with Crippen molar-refractivity contribution in [1.82, 2.24) is 0 Å². The van der Waals surface area contributed by atoms with Crippen LogP contribution in [0.15, 0.2) is 145 Å². The second-order valence-corrected chi connectivity index (χ2v) is 23.0. The van der Waals surface area contributed by atoms with Gasteiger partial charge in [0.25, 0.3) is 0 Å². The minimum absolute atomic E-state index is 0.0799. The second-order valence-electron chi connectivity index (χ2n) is 20.8. The van der Waals surface area contributed by atoms with Gasteiger partial charge in [0.05, 0.1) is 11.4 Å². The summed E-state index contributed by atoms with van der Waals surface area (Å²) in [6, 6.07) is 40.8. The molecule has 6 heteroatoms. The van der Waals surface area contributed by atoms with E-state index in [0.29, 0.717) is 6.61 Å². The van der Waals surface area contributed by atoms with Gasteiger partial charge in [-0.25, -0.2) is 0 Å². The van der Waals surface area contributed by atoms with E-state index in [0.717, 1.165) is 74.5 Å². The van der Waals surface area contributed by atoms with Crippen molar-refractivity contribution >= 4 is 69.5 Å². The molecule has 0 saturated carbocycles. The lowest BCUT2D eigenvalue weighted by Crippen LogP contribution is -2.27. The lowest BCUT2D eigenvalue weighted by Gasteiger charge is -2.33. The fourth-order valence-corrected chi connectivity index (χ4v) is 12.5. The first-order chi connectivity index (χ1) is 37.8. The zero-order valence-electron chi connectivity index (χ0n) is 46.7. The second kappa shape index (κ2) is 29.3. The van der Waals surface area contributed by atoms with Crippen LogP contribution < -0.4 is 14.5 Å². The van der Waals surface area contributed by atoms with E-state index in [4.69, 9.17) is 4.74 Å². The van der Waals surface area contributed by atoms with E-state index in [-0.39, 0.29) is 11.2 Å². The average molecular weight is 1060 g/mol. The number of hydrogen-bond donors (Lipinski definition) is 1. The third kappa shape index (κ3) is 15.6. The molecule has 2 aliphatic carbocycles. The fraction of sp³-hybridized carbons (Fsp3) is 0.366. The number of phenolic OH excluding ortho intramolecular Hbond substituents is 1. The number of aromatic hydroxyl groups is 1. The normalized spacial score (nSPS) is 14.0. The Balaban J connectivity index is 0.944. The predicted octanol–water partition coefficient (Wildman–Crippen LogP) is 19.7. The molecule has 400 valence electrons. The van der Waals surface area contributed by atoms with Gasteiger partial charge in [-0.2, -0.15) is 0 Å². The van der Waals surface area contributed by atoms with Gasteiger partial charge in [0.1, 0.15) is 18.1 Å². The van der Waals surface area contributed by atoms with E-state index >= 15 is 0 Å². The first-order valence-electron chi connectivity index (χ1n) is 29.0. The number of nitrogens with zero attached hydrogens (tertiary/aromatic N) is 2. The number of allylic oxidation sites excluding steroid dienone is 5. The summed E-state index contributed by atoms with van der Waals surface area (Å²) in [5.41, 5.74) is 16.7. The van der Waals surface area contributed by atoms with Gasteiger partial charge in [0, 0.05) is 62.2 Å². The number of phenols is 1. The monoisotopic (exact) mass is 1060 g/mol. The summed E-state index contributed by atoms with van der Waals surface area (Å²) < 4.78 is 5.93. The molecule has 8 rings (SSSR count). The highest BCUT2D eigenvalue weighted by atomic mass is 32.1. The highest BCUT2D eigenvalue weighted by molar-refractivity contribution is 7.14. The van der Waals surface area contributed by atoms with Crippen LogP contribution in [-0.2, 0) is 5.41 Å². The van der Waals surface area contributed by atoms with E-state index < -0.39 is 0 Å². The summed E-state index contributed by atoms with van der Waals surface area (Å²) in [4.78, 5) is 9.73. The maximum absolute atomic E-state index is 9.58. The smallest absolute Gasteiger partial charge is 0.119 e. The fourth-order valence-electron chi connectivity index (χ4n) is 10.8. The third-order valence-electron chi connectivity index (χ3n) is 15.2. The molecule has 2 aromatic heterocycles. The van der Waals surface area contributed by atoms with Crippen molar-refractivity contribution in [3.05, 3.63) is 192 Å². The van der Waals surface area contributed by atoms with E-state index in [1.807, 2.05) is 11.3 Å². The number of hydrogen-bond acceptors (Lipinski definition) is 6. The van der Waals surface area contributed by atoms with Crippen LogP contribution in [0, 0.1) is 11.8 Å². The summed E-state index contributed by atoms with van der Waals surface area (Å²) in [6.07, 6.45) is 34.2. The summed E-state index contributed by atoms with van der Waals surface area (Å²) in [6.45, 7) is 15.9. The van der Waals surface area contributed by atoms with Crippen molar-refractivity contribution in [3.63, 3.8) is 0 Å². The molecule has 2 aliphatic rings. The summed E-state index contributed by atoms with van der Waals surface area (Å²) in [5.74, 6) is 8.18. The van der Waals surface area contributed by atoms with Gasteiger partial charge in [0.15, 0.2) is 0 Å². The van der Waals surface area contributed by atoms with Crippen molar-refractivity contribution in [3.8, 4) is 23.3 Å². The van der Waals surface area contributed by atoms with Crippen LogP contribution in [0.25, 0.3) is 35.5 Å². The van der Waals surface area contributed by atoms with Crippen molar-refractivity contribution < 1.29 is 9.84 Å². The Hall–Kier alpha value is -6.48. The molecule has 2 heterocycles. The zero-order valence-corrected chi connectivity index (χ0v) is 48.4. The van der Waals surface area contributed by atoms with Gasteiger partial charge in [-0.05, 0) is 176 Å². The average Bonchev–Trinajstić information content (AvgIpc) is 4.34. The van der Waals surface area contributed by atoms with Gasteiger partial charge >= 0.3 is 0 Å². The number of fused-ring (bicyclic) bond motifs is 2. The van der Waals surface area contributed by atoms with E-state index in [1.54, 1.807) is 35.6 Å². The molecule has 0 bridgehead atoms. The molecule has 0 radical (unpaired) electrons. The highest BCUT2D eigenvalue weighted by Crippen LogP contribution is 2.54. The van der Waals surface area contributed by atoms with Crippen molar-refractivity contribution in [2.75, 3.05) is 42.6 Å². The Morgan fingerprint density at radius 3 is 1.87 bits per heavy atom. The lowest BCUT2D eigenvalue weighted by molar-refractivity contribution is 0.323. The number of anilines is 2. The molecule has 0 spiro atoms. The Morgan fingerprint density at radius 2 is 1.23 bits per heavy atom. The number of ether oxygens (including phenoxy) is 1. The summed E-state index contributed by atoms with van der Waals surface area (Å²) in [7, 11) is 0. The molecule has 1 N–H and O–H groups in total. The number of thiophene rings is 2. The van der Waals surface area contributed by atoms with Gasteiger partial charge in [-0.3, -0.25) is 0 Å².